The van der Waals surface area contributed by atoms with Crippen LogP contribution in [0.1, 0.15) is 86.4 Å². The third-order valence-electron chi connectivity index (χ3n) is 6.34. The maximum absolute atomic E-state index is 12.3. The van der Waals surface area contributed by atoms with Crippen molar-refractivity contribution in [2.45, 2.75) is 76.2 Å². The highest BCUT2D eigenvalue weighted by atomic mass is 16.5. The fourth-order valence-electron chi connectivity index (χ4n) is 4.44. The maximum Gasteiger partial charge on any atom is 0.273 e. The van der Waals surface area contributed by atoms with Crippen LogP contribution in [0, 0.1) is 5.92 Å². The van der Waals surface area contributed by atoms with Crippen LogP contribution in [0.2, 0.25) is 0 Å². The summed E-state index contributed by atoms with van der Waals surface area (Å²) in [7, 11) is 0. The molecular formula is C21H31N3O3. The Balaban J connectivity index is 1.15. The van der Waals surface area contributed by atoms with Gasteiger partial charge < -0.3 is 14.7 Å². The molecule has 2 aliphatic carbocycles. The summed E-state index contributed by atoms with van der Waals surface area (Å²) >= 11 is 0. The molecule has 1 aliphatic heterocycles. The van der Waals surface area contributed by atoms with Crippen LogP contribution < -0.4 is 5.32 Å². The molecule has 0 atom stereocenters. The molecule has 2 saturated carbocycles. The number of amides is 1. The van der Waals surface area contributed by atoms with Gasteiger partial charge in [0.1, 0.15) is 11.5 Å². The van der Waals surface area contributed by atoms with Crippen molar-refractivity contribution in [1.29, 1.82) is 0 Å². The molecule has 3 fully saturated rings. The number of carbonyl (C=O) groups is 2. The van der Waals surface area contributed by atoms with E-state index in [1.54, 1.807) is 6.07 Å². The van der Waals surface area contributed by atoms with Gasteiger partial charge in [0.05, 0.1) is 0 Å². The molecule has 1 aromatic rings. The van der Waals surface area contributed by atoms with Gasteiger partial charge in [-0.05, 0) is 70.4 Å². The zero-order valence-electron chi connectivity index (χ0n) is 16.1. The summed E-state index contributed by atoms with van der Waals surface area (Å²) in [6, 6.07) is 1.98. The molecule has 148 valence electrons. The van der Waals surface area contributed by atoms with Gasteiger partial charge in [-0.25, -0.2) is 0 Å². The molecule has 0 bridgehead atoms. The van der Waals surface area contributed by atoms with Gasteiger partial charge in [-0.1, -0.05) is 5.16 Å². The highest BCUT2D eigenvalue weighted by molar-refractivity contribution is 5.92. The average molecular weight is 373 g/mol. The number of ketones is 1. The first-order valence-corrected chi connectivity index (χ1v) is 10.7. The molecule has 3 aliphatic rings. The molecule has 0 aromatic carbocycles. The standard InChI is InChI=1S/C21H31N3O3/c25-18(9-12-24-10-1-2-11-24)13-15-3-7-17(8-4-15)22-21(26)19-14-20(27-23-19)16-5-6-16/h14-17H,1-13H2,(H,22,26). The van der Waals surface area contributed by atoms with Crippen molar-refractivity contribution in [3.05, 3.63) is 17.5 Å². The van der Waals surface area contributed by atoms with E-state index in [0.717, 1.165) is 63.9 Å². The molecule has 27 heavy (non-hydrogen) atoms. The van der Waals surface area contributed by atoms with Gasteiger partial charge in [-0.15, -0.1) is 0 Å². The molecule has 1 amide bonds. The highest BCUT2D eigenvalue weighted by Gasteiger charge is 2.30. The van der Waals surface area contributed by atoms with E-state index in [0.29, 0.717) is 36.2 Å². The van der Waals surface area contributed by atoms with Crippen LogP contribution >= 0.6 is 0 Å². The molecule has 0 radical (unpaired) electrons. The normalized spacial score (nSPS) is 26.2. The fraction of sp³-hybridized carbons (Fsp3) is 0.762. The molecule has 1 N–H and O–H groups in total. The summed E-state index contributed by atoms with van der Waals surface area (Å²) in [5.41, 5.74) is 0.399. The van der Waals surface area contributed by atoms with Gasteiger partial charge in [0, 0.05) is 37.4 Å². The first-order chi connectivity index (χ1) is 13.2. The Morgan fingerprint density at radius 2 is 1.85 bits per heavy atom. The topological polar surface area (TPSA) is 75.4 Å². The first kappa shape index (κ1) is 18.7. The third-order valence-corrected chi connectivity index (χ3v) is 6.34. The van der Waals surface area contributed by atoms with Crippen molar-refractivity contribution in [2.24, 2.45) is 5.92 Å². The van der Waals surface area contributed by atoms with Gasteiger partial charge in [0.25, 0.3) is 5.91 Å². The van der Waals surface area contributed by atoms with Gasteiger partial charge in [-0.3, -0.25) is 9.59 Å². The Labute approximate surface area is 161 Å². The smallest absolute Gasteiger partial charge is 0.273 e. The summed E-state index contributed by atoms with van der Waals surface area (Å²) in [5, 5.41) is 7.01. The molecule has 4 rings (SSSR count). The van der Waals surface area contributed by atoms with E-state index >= 15 is 0 Å². The number of aromatic nitrogens is 1. The minimum Gasteiger partial charge on any atom is -0.360 e. The average Bonchev–Trinajstić information content (AvgIpc) is 3.18. The van der Waals surface area contributed by atoms with Crippen molar-refractivity contribution in [1.82, 2.24) is 15.4 Å². The second kappa shape index (κ2) is 8.55. The number of hydrogen-bond acceptors (Lipinski definition) is 5. The third kappa shape index (κ3) is 5.18. The minimum absolute atomic E-state index is 0.129. The van der Waals surface area contributed by atoms with Crippen LogP contribution in [0.3, 0.4) is 0 Å². The Hall–Kier alpha value is -1.69. The fourth-order valence-corrected chi connectivity index (χ4v) is 4.44. The lowest BCUT2D eigenvalue weighted by molar-refractivity contribution is -0.120. The molecule has 0 unspecified atom stereocenters. The molecule has 1 aromatic heterocycles. The summed E-state index contributed by atoms with van der Waals surface area (Å²) < 4.78 is 5.27. The molecule has 2 heterocycles. The van der Waals surface area contributed by atoms with E-state index in [1.165, 1.54) is 12.8 Å². The van der Waals surface area contributed by atoms with Crippen molar-refractivity contribution in [3.8, 4) is 0 Å². The van der Waals surface area contributed by atoms with Gasteiger partial charge in [0.2, 0.25) is 0 Å². The quantitative estimate of drug-likeness (QED) is 0.757. The van der Waals surface area contributed by atoms with E-state index in [4.69, 9.17) is 4.52 Å². The van der Waals surface area contributed by atoms with Crippen molar-refractivity contribution in [3.63, 3.8) is 0 Å². The van der Waals surface area contributed by atoms with E-state index in [9.17, 15) is 9.59 Å². The lowest BCUT2D eigenvalue weighted by Gasteiger charge is -2.28. The second-order valence-electron chi connectivity index (χ2n) is 8.62. The van der Waals surface area contributed by atoms with Crippen LogP contribution in [0.15, 0.2) is 10.6 Å². The van der Waals surface area contributed by atoms with Crippen molar-refractivity contribution in [2.75, 3.05) is 19.6 Å². The highest BCUT2D eigenvalue weighted by Crippen LogP contribution is 2.40. The number of likely N-dealkylation sites (tertiary alicyclic amines) is 1. The number of Topliss-reactive ketones (excluding diaryl/α,β-unsaturated/α-hetero) is 1. The van der Waals surface area contributed by atoms with Crippen molar-refractivity contribution < 1.29 is 14.1 Å². The Morgan fingerprint density at radius 1 is 1.11 bits per heavy atom. The van der Waals surface area contributed by atoms with E-state index in [1.807, 2.05) is 0 Å². The lowest BCUT2D eigenvalue weighted by atomic mass is 9.82. The number of rotatable bonds is 8. The van der Waals surface area contributed by atoms with Gasteiger partial charge in [0.15, 0.2) is 5.69 Å². The maximum atomic E-state index is 12.3. The zero-order valence-corrected chi connectivity index (χ0v) is 16.1. The van der Waals surface area contributed by atoms with Crippen molar-refractivity contribution >= 4 is 11.7 Å². The minimum atomic E-state index is -0.129. The lowest BCUT2D eigenvalue weighted by Crippen LogP contribution is -2.38. The molecule has 0 spiro atoms. The summed E-state index contributed by atoms with van der Waals surface area (Å²) in [4.78, 5) is 27.0. The van der Waals surface area contributed by atoms with Crippen LogP contribution in [0.5, 0.6) is 0 Å². The number of hydrogen-bond donors (Lipinski definition) is 1. The SMILES string of the molecule is O=C(CCN1CCCC1)CC1CCC(NC(=O)c2cc(C3CC3)on2)CC1. The predicted molar refractivity (Wildman–Crippen MR) is 102 cm³/mol. The van der Waals surface area contributed by atoms with E-state index in [-0.39, 0.29) is 11.9 Å². The van der Waals surface area contributed by atoms with E-state index in [2.05, 4.69) is 15.4 Å². The van der Waals surface area contributed by atoms with Crippen LogP contribution in [-0.2, 0) is 4.79 Å². The second-order valence-corrected chi connectivity index (χ2v) is 8.62. The summed E-state index contributed by atoms with van der Waals surface area (Å²) in [6.45, 7) is 3.25. The van der Waals surface area contributed by atoms with Crippen LogP contribution in [-0.4, -0.2) is 47.4 Å². The van der Waals surface area contributed by atoms with Crippen LogP contribution in [0.4, 0.5) is 0 Å². The van der Waals surface area contributed by atoms with Gasteiger partial charge >= 0.3 is 0 Å². The Morgan fingerprint density at radius 3 is 2.56 bits per heavy atom. The molecular weight excluding hydrogens is 342 g/mol. The monoisotopic (exact) mass is 373 g/mol. The molecule has 6 nitrogen and oxygen atoms in total. The predicted octanol–water partition coefficient (Wildman–Crippen LogP) is 3.29. The summed E-state index contributed by atoms with van der Waals surface area (Å²) in [5.74, 6) is 2.08. The van der Waals surface area contributed by atoms with Crippen LogP contribution in [0.25, 0.3) is 0 Å². The van der Waals surface area contributed by atoms with Gasteiger partial charge in [-0.2, -0.15) is 0 Å². The zero-order chi connectivity index (χ0) is 18.6. The first-order valence-electron chi connectivity index (χ1n) is 10.7. The Kier molecular flexibility index (Phi) is 5.91. The summed E-state index contributed by atoms with van der Waals surface area (Å²) in [6.07, 6.45) is 10.2. The van der Waals surface area contributed by atoms with E-state index < -0.39 is 0 Å². The number of nitrogens with one attached hydrogen (secondary N) is 1. The molecule has 6 heteroatoms. The number of carbonyl (C=O) groups excluding carboxylic acids is 2. The Bertz CT molecular complexity index is 653. The number of nitrogens with zero attached hydrogens (tertiary/aromatic N) is 2. The molecule has 1 saturated heterocycles. The largest absolute Gasteiger partial charge is 0.360 e.